The van der Waals surface area contributed by atoms with Crippen LogP contribution in [0.25, 0.3) is 0 Å². The summed E-state index contributed by atoms with van der Waals surface area (Å²) < 4.78 is 29.4. The summed E-state index contributed by atoms with van der Waals surface area (Å²) >= 11 is 8.15. The highest BCUT2D eigenvalue weighted by atomic mass is 35.5. The maximum atomic E-state index is 13.2. The lowest BCUT2D eigenvalue weighted by Gasteiger charge is -2.38. The fraction of sp³-hybridized carbons (Fsp3) is 0.348. The van der Waals surface area contributed by atoms with Gasteiger partial charge in [-0.05, 0) is 79.1 Å². The number of amides is 5. The number of fused-ring (bicyclic) bond motifs is 1. The minimum atomic E-state index is -3.58. The molecular formula is C46H52ClN10O8PS. The van der Waals surface area contributed by atoms with Crippen molar-refractivity contribution in [2.45, 2.75) is 43.2 Å². The van der Waals surface area contributed by atoms with E-state index in [0.717, 1.165) is 53.5 Å². The number of allylic oxidation sites excluding steroid dienone is 1. The number of hydrogen-bond acceptors (Lipinski definition) is 15. The molecule has 4 aliphatic rings. The summed E-state index contributed by atoms with van der Waals surface area (Å²) in [6, 6.07) is 17.6. The summed E-state index contributed by atoms with van der Waals surface area (Å²) in [7, 11) is 0.658. The Kier molecular flexibility index (Phi) is 15.0. The third kappa shape index (κ3) is 10.7. The first-order valence-corrected chi connectivity index (χ1v) is 24.8. The van der Waals surface area contributed by atoms with E-state index >= 15 is 0 Å². The van der Waals surface area contributed by atoms with Gasteiger partial charge in [0.1, 0.15) is 16.8 Å². The Morgan fingerprint density at radius 3 is 2.52 bits per heavy atom. The van der Waals surface area contributed by atoms with Crippen molar-refractivity contribution in [1.29, 1.82) is 0 Å². The molecule has 0 spiro atoms. The third-order valence-corrected chi connectivity index (χ3v) is 15.3. The maximum Gasteiger partial charge on any atom is 0.362 e. The molecule has 1 aromatic heterocycles. The fourth-order valence-corrected chi connectivity index (χ4v) is 10.8. The van der Waals surface area contributed by atoms with Gasteiger partial charge in [-0.25, -0.2) is 9.78 Å². The highest BCUT2D eigenvalue weighted by Gasteiger charge is 2.40. The van der Waals surface area contributed by atoms with Gasteiger partial charge in [-0.15, -0.1) is 11.8 Å². The number of benzene rings is 3. The topological polar surface area (TPSA) is 200 Å². The number of hydrogen-bond donors (Lipinski definition) is 4. The van der Waals surface area contributed by atoms with Crippen molar-refractivity contribution >= 4 is 88.8 Å². The van der Waals surface area contributed by atoms with E-state index in [0.29, 0.717) is 67.1 Å². The molecule has 0 radical (unpaired) electrons. The Morgan fingerprint density at radius 1 is 0.970 bits per heavy atom. The largest absolute Gasteiger partial charge is 0.494 e. The molecule has 5 amide bonds. The van der Waals surface area contributed by atoms with Gasteiger partial charge >= 0.3 is 13.6 Å². The van der Waals surface area contributed by atoms with Gasteiger partial charge in [0, 0.05) is 101 Å². The van der Waals surface area contributed by atoms with Crippen LogP contribution >= 0.6 is 31.0 Å². The van der Waals surface area contributed by atoms with Gasteiger partial charge in [0.25, 0.3) is 5.91 Å². The molecule has 2 fully saturated rings. The Morgan fingerprint density at radius 2 is 1.78 bits per heavy atom. The molecule has 18 nitrogen and oxygen atoms in total. The lowest BCUT2D eigenvalue weighted by atomic mass is 10.0. The normalized spacial score (nSPS) is 17.3. The third-order valence-electron chi connectivity index (χ3n) is 11.9. The highest BCUT2D eigenvalue weighted by Crippen LogP contribution is 2.47. The van der Waals surface area contributed by atoms with E-state index in [9.17, 15) is 23.7 Å². The highest BCUT2D eigenvalue weighted by molar-refractivity contribution is 7.99. The van der Waals surface area contributed by atoms with Crippen LogP contribution in [0.15, 0.2) is 95.8 Å². The summed E-state index contributed by atoms with van der Waals surface area (Å²) in [5.41, 5.74) is 4.65. The summed E-state index contributed by atoms with van der Waals surface area (Å²) in [6.45, 7) is 4.23. The molecule has 1 atom stereocenters. The van der Waals surface area contributed by atoms with Gasteiger partial charge in [0.15, 0.2) is 5.82 Å². The van der Waals surface area contributed by atoms with Crippen LogP contribution < -0.4 is 36.2 Å². The first-order chi connectivity index (χ1) is 32.5. The first-order valence-electron chi connectivity index (χ1n) is 21.9. The number of methoxy groups -OCH3 is 1. The van der Waals surface area contributed by atoms with Crippen LogP contribution in [0, 0.1) is 0 Å². The molecule has 4 aliphatic heterocycles. The molecule has 1 unspecified atom stereocenters. The van der Waals surface area contributed by atoms with Crippen LogP contribution in [0.2, 0.25) is 5.02 Å². The van der Waals surface area contributed by atoms with Crippen LogP contribution in [0.4, 0.5) is 33.6 Å². The number of piperidine rings is 1. The van der Waals surface area contributed by atoms with E-state index in [1.807, 2.05) is 41.4 Å². The predicted molar refractivity (Wildman–Crippen MR) is 258 cm³/mol. The van der Waals surface area contributed by atoms with Crippen LogP contribution in [0.1, 0.15) is 41.6 Å². The number of unbranched alkanes of at least 4 members (excludes halogenated alkanes) is 1. The number of nitrogens with zero attached hydrogens (tertiary/aromatic N) is 6. The Balaban J connectivity index is 0.767. The van der Waals surface area contributed by atoms with Crippen LogP contribution in [-0.2, 0) is 29.7 Å². The number of halogens is 1. The Labute approximate surface area is 398 Å². The number of urea groups is 1. The molecule has 352 valence electrons. The average Bonchev–Trinajstić information content (AvgIpc) is 3.69. The van der Waals surface area contributed by atoms with Gasteiger partial charge in [-0.1, -0.05) is 29.8 Å². The second-order valence-electron chi connectivity index (χ2n) is 15.9. The van der Waals surface area contributed by atoms with E-state index in [-0.39, 0.29) is 41.1 Å². The second-order valence-corrected chi connectivity index (χ2v) is 19.7. The molecule has 0 bridgehead atoms. The van der Waals surface area contributed by atoms with E-state index < -0.39 is 19.5 Å². The van der Waals surface area contributed by atoms with Crippen LogP contribution in [-0.4, -0.2) is 121 Å². The zero-order valence-corrected chi connectivity index (χ0v) is 39.8. The molecule has 3 aromatic carbocycles. The van der Waals surface area contributed by atoms with E-state index in [2.05, 4.69) is 53.2 Å². The van der Waals surface area contributed by atoms with E-state index in [4.69, 9.17) is 25.4 Å². The van der Waals surface area contributed by atoms with Gasteiger partial charge in [-0.2, -0.15) is 4.98 Å². The quantitative estimate of drug-likeness (QED) is 0.0381. The van der Waals surface area contributed by atoms with Crippen molar-refractivity contribution in [1.82, 2.24) is 35.3 Å². The van der Waals surface area contributed by atoms with E-state index in [1.165, 1.54) is 20.4 Å². The number of carbonyl (C=O) groups excluding carboxylic acids is 4. The number of thioether (sulfide) groups is 1. The fourth-order valence-electron chi connectivity index (χ4n) is 8.30. The summed E-state index contributed by atoms with van der Waals surface area (Å²) in [5.74, 6) is 1.04. The number of ether oxygens (including phenoxy) is 1. The van der Waals surface area contributed by atoms with Gasteiger partial charge in [0.2, 0.25) is 17.8 Å². The number of aromatic nitrogens is 2. The minimum Gasteiger partial charge on any atom is -0.494 e. The number of piperazine rings is 1. The van der Waals surface area contributed by atoms with Crippen LogP contribution in [0.3, 0.4) is 0 Å². The number of para-hydroxylation sites is 1. The number of anilines is 5. The molecule has 0 saturated carbocycles. The van der Waals surface area contributed by atoms with Crippen molar-refractivity contribution < 1.29 is 37.5 Å². The van der Waals surface area contributed by atoms with E-state index in [1.54, 1.807) is 54.1 Å². The maximum absolute atomic E-state index is 13.2. The van der Waals surface area contributed by atoms with Crippen molar-refractivity contribution in [3.8, 4) is 5.75 Å². The monoisotopic (exact) mass is 970 g/mol. The number of imide groups is 1. The molecule has 2 saturated heterocycles. The predicted octanol–water partition coefficient (Wildman–Crippen LogP) is 6.62. The molecule has 4 N–H and O–H groups in total. The van der Waals surface area contributed by atoms with Crippen molar-refractivity contribution in [2.75, 3.05) is 81.9 Å². The first kappa shape index (κ1) is 47.4. The standard InChI is InChI=1S/C46H52ClN10O8PS/c1-63-38-27-31(13-14-35(38)51-45-49-28-34(47)42(53-45)50-36-10-4-5-11-39(36)66(62,64-2)65-3)54-20-17-30(18-21-54)55-22-24-56(25-23-55)46(61)48-19-6-7-26-67-40-12-8-9-32-33(40)29-57(44(32)60)37-15-16-41(58)52-43(37)59/h4-5,8-14,17-18,20,27-28,37H,6-7,15-16,19,21-26,29H2,1-3H3,(H,48,61)(H,52,58,59)(H2,49,50,51,53). The zero-order valence-electron chi connectivity index (χ0n) is 37.3. The smallest absolute Gasteiger partial charge is 0.362 e. The summed E-state index contributed by atoms with van der Waals surface area (Å²) in [4.78, 5) is 68.1. The van der Waals surface area contributed by atoms with Crippen LogP contribution in [0.5, 0.6) is 5.75 Å². The molecule has 21 heteroatoms. The molecule has 67 heavy (non-hydrogen) atoms. The summed E-state index contributed by atoms with van der Waals surface area (Å²) in [5, 5.41) is 12.4. The number of nitrogens with one attached hydrogen (secondary N) is 4. The Hall–Kier alpha value is -6.11. The number of carbonyl (C=O) groups is 4. The Bertz CT molecular complexity index is 2640. The van der Waals surface area contributed by atoms with Gasteiger partial charge in [0.05, 0.1) is 30.0 Å². The van der Waals surface area contributed by atoms with Crippen molar-refractivity contribution in [3.63, 3.8) is 0 Å². The molecule has 4 aromatic rings. The SMILES string of the molecule is COc1cc(N2C=CC(N3CCN(C(=O)NCCCCSc4cccc5c4CN(C4CCC(=O)NC4=O)C5=O)CC3)=CC2)ccc1Nc1ncc(Cl)c(Nc2ccccc2P(=O)(OC)OC)n1. The average molecular weight is 971 g/mol. The minimum absolute atomic E-state index is 0.0602. The van der Waals surface area contributed by atoms with Gasteiger partial charge in [-0.3, -0.25) is 24.3 Å². The lowest BCUT2D eigenvalue weighted by molar-refractivity contribution is -0.136. The molecular weight excluding hydrogens is 919 g/mol. The van der Waals surface area contributed by atoms with Crippen molar-refractivity contribution in [3.05, 3.63) is 107 Å². The zero-order chi connectivity index (χ0) is 47.1. The molecule has 5 heterocycles. The lowest BCUT2D eigenvalue weighted by Crippen LogP contribution is -2.52. The number of rotatable bonds is 17. The second kappa shape index (κ2) is 21.2. The molecule has 8 rings (SSSR count). The van der Waals surface area contributed by atoms with Gasteiger partial charge < -0.3 is 49.3 Å². The molecule has 0 aliphatic carbocycles. The summed E-state index contributed by atoms with van der Waals surface area (Å²) in [6.07, 6.45) is 10.0. The van der Waals surface area contributed by atoms with Crippen molar-refractivity contribution in [2.24, 2.45) is 0 Å².